The number of nitrogen functional groups attached to an aromatic ring is 1. The largest absolute Gasteiger partial charge is 0.399 e. The number of hydrogen-bond acceptors (Lipinski definition) is 2. The molecule has 0 radical (unpaired) electrons. The summed E-state index contributed by atoms with van der Waals surface area (Å²) >= 11 is 0. The van der Waals surface area contributed by atoms with Crippen LogP contribution in [-0.2, 0) is 0 Å². The van der Waals surface area contributed by atoms with Crippen molar-refractivity contribution < 1.29 is 19.4 Å². The van der Waals surface area contributed by atoms with E-state index >= 15 is 0 Å². The van der Waals surface area contributed by atoms with Crippen LogP contribution in [0.5, 0.6) is 0 Å². The second kappa shape index (κ2) is 4.28. The summed E-state index contributed by atoms with van der Waals surface area (Å²) in [5.41, 5.74) is 8.15. The first-order valence-electron chi connectivity index (χ1n) is 6.22. The van der Waals surface area contributed by atoms with Crippen LogP contribution in [0.2, 0.25) is 0 Å². The van der Waals surface area contributed by atoms with E-state index in [0.717, 1.165) is 17.7 Å². The molecule has 2 nitrogen and oxygen atoms in total. The van der Waals surface area contributed by atoms with Crippen LogP contribution < -0.4 is 10.6 Å². The molecule has 0 aromatic heterocycles. The fraction of sp³-hybridized carbons (Fsp3) is 0.143. The predicted octanol–water partition coefficient (Wildman–Crippen LogP) is 6.00. The van der Waals surface area contributed by atoms with Crippen molar-refractivity contribution in [2.45, 2.75) is 11.8 Å². The number of rotatable bonds is 3. The maximum atomic E-state index is 12.7. The van der Waals surface area contributed by atoms with Crippen LogP contribution in [0, 0.1) is 6.92 Å². The Morgan fingerprint density at radius 3 is 1.82 bits per heavy atom. The fourth-order valence-corrected chi connectivity index (χ4v) is 2.59. The van der Waals surface area contributed by atoms with Crippen molar-refractivity contribution in [1.29, 1.82) is 0 Å². The van der Waals surface area contributed by atoms with E-state index in [1.165, 1.54) is 0 Å². The minimum Gasteiger partial charge on any atom is -0.399 e. The highest BCUT2D eigenvalue weighted by molar-refractivity contribution is 8.45. The molecule has 0 aliphatic carbocycles. The molecule has 2 aromatic rings. The van der Waals surface area contributed by atoms with Crippen molar-refractivity contribution in [3.8, 4) is 0 Å². The lowest BCUT2D eigenvalue weighted by Gasteiger charge is -2.40. The SMILES string of the molecule is Cc1cc(N(C)c2ccc(S(F)(F)(F)(F)F)cc2)ccc1N. The number of halogens is 5. The molecule has 0 heterocycles. The zero-order valence-corrected chi connectivity index (χ0v) is 12.7. The number of hydrogen-bond donors (Lipinski definition) is 1. The van der Waals surface area contributed by atoms with Crippen LogP contribution in [0.25, 0.3) is 0 Å². The first kappa shape index (κ1) is 16.4. The van der Waals surface area contributed by atoms with Crippen LogP contribution in [0.15, 0.2) is 47.4 Å². The van der Waals surface area contributed by atoms with Crippen LogP contribution in [0.1, 0.15) is 5.56 Å². The Balaban J connectivity index is 2.37. The van der Waals surface area contributed by atoms with E-state index in [4.69, 9.17) is 5.73 Å². The summed E-state index contributed by atoms with van der Waals surface area (Å²) in [6, 6.07) is 7.95. The highest BCUT2D eigenvalue weighted by Crippen LogP contribution is 3.02. The van der Waals surface area contributed by atoms with Crippen molar-refractivity contribution in [3.63, 3.8) is 0 Å². The predicted molar refractivity (Wildman–Crippen MR) is 81.5 cm³/mol. The Morgan fingerprint density at radius 2 is 1.36 bits per heavy atom. The van der Waals surface area contributed by atoms with Gasteiger partial charge in [-0.05, 0) is 55.0 Å². The first-order chi connectivity index (χ1) is 9.77. The Morgan fingerprint density at radius 1 is 0.864 bits per heavy atom. The van der Waals surface area contributed by atoms with Gasteiger partial charge in [-0.1, -0.05) is 19.4 Å². The Kier molecular flexibility index (Phi) is 3.19. The lowest BCUT2D eigenvalue weighted by atomic mass is 10.1. The average Bonchev–Trinajstić information content (AvgIpc) is 2.39. The van der Waals surface area contributed by atoms with Gasteiger partial charge in [0, 0.05) is 24.1 Å². The monoisotopic (exact) mass is 338 g/mol. The van der Waals surface area contributed by atoms with E-state index in [2.05, 4.69) is 0 Å². The molecule has 0 aliphatic rings. The Bertz CT molecular complexity index is 711. The van der Waals surface area contributed by atoms with Crippen LogP contribution in [0.3, 0.4) is 0 Å². The molecule has 0 unspecified atom stereocenters. The molecule has 0 aliphatic heterocycles. The van der Waals surface area contributed by atoms with Gasteiger partial charge in [0.15, 0.2) is 0 Å². The van der Waals surface area contributed by atoms with Crippen molar-refractivity contribution >= 4 is 27.3 Å². The Hall–Kier alpha value is -1.96. The maximum absolute atomic E-state index is 12.7. The standard InChI is InChI=1S/C14H15F5N2S/c1-10-9-12(5-8-14(10)20)21(2)11-3-6-13(7-4-11)22(15,16,17,18)19/h3-9H,20H2,1-2H3. The number of benzene rings is 2. The molecule has 2 N–H and O–H groups in total. The van der Waals surface area contributed by atoms with E-state index < -0.39 is 15.1 Å². The minimum atomic E-state index is -9.63. The van der Waals surface area contributed by atoms with Gasteiger partial charge in [-0.3, -0.25) is 0 Å². The van der Waals surface area contributed by atoms with Gasteiger partial charge < -0.3 is 10.6 Å². The van der Waals surface area contributed by atoms with Crippen molar-refractivity contribution in [1.82, 2.24) is 0 Å². The van der Waals surface area contributed by atoms with Gasteiger partial charge in [-0.25, -0.2) is 0 Å². The molecular weight excluding hydrogens is 323 g/mol. The van der Waals surface area contributed by atoms with Crippen molar-refractivity contribution in [2.24, 2.45) is 0 Å². The lowest BCUT2D eigenvalue weighted by molar-refractivity contribution is 0.364. The summed E-state index contributed by atoms with van der Waals surface area (Å²) in [5, 5.41) is 0. The van der Waals surface area contributed by atoms with Crippen LogP contribution in [-0.4, -0.2) is 7.05 Å². The van der Waals surface area contributed by atoms with Crippen LogP contribution >= 0.6 is 10.2 Å². The zero-order chi connectivity index (χ0) is 16.8. The van der Waals surface area contributed by atoms with Gasteiger partial charge in [0.25, 0.3) is 0 Å². The number of anilines is 3. The van der Waals surface area contributed by atoms with E-state index in [0.29, 0.717) is 29.2 Å². The third-order valence-electron chi connectivity index (χ3n) is 3.31. The highest BCUT2D eigenvalue weighted by Gasteiger charge is 2.65. The summed E-state index contributed by atoms with van der Waals surface area (Å²) in [5.74, 6) is 0. The maximum Gasteiger partial charge on any atom is 0.310 e. The molecule has 2 rings (SSSR count). The fourth-order valence-electron chi connectivity index (χ4n) is 1.94. The van der Waals surface area contributed by atoms with Gasteiger partial charge in [0.1, 0.15) is 4.90 Å². The van der Waals surface area contributed by atoms with E-state index in [1.807, 2.05) is 0 Å². The van der Waals surface area contributed by atoms with E-state index in [1.54, 1.807) is 37.1 Å². The number of nitrogens with zero attached hydrogens (tertiary/aromatic N) is 1. The van der Waals surface area contributed by atoms with Gasteiger partial charge in [0.2, 0.25) is 0 Å². The Labute approximate surface area is 125 Å². The van der Waals surface area contributed by atoms with Crippen LogP contribution in [0.4, 0.5) is 36.5 Å². The molecule has 8 heteroatoms. The molecule has 0 fully saturated rings. The molecule has 0 atom stereocenters. The third-order valence-corrected chi connectivity index (χ3v) is 4.47. The topological polar surface area (TPSA) is 29.3 Å². The molecule has 0 bridgehead atoms. The summed E-state index contributed by atoms with van der Waals surface area (Å²) in [4.78, 5) is -0.313. The lowest BCUT2D eigenvalue weighted by Crippen LogP contribution is -2.11. The van der Waals surface area contributed by atoms with E-state index in [9.17, 15) is 19.4 Å². The smallest absolute Gasteiger partial charge is 0.310 e. The van der Waals surface area contributed by atoms with Crippen molar-refractivity contribution in [3.05, 3.63) is 48.0 Å². The quantitative estimate of drug-likeness (QED) is 0.549. The summed E-state index contributed by atoms with van der Waals surface area (Å²) in [7, 11) is -8.00. The minimum absolute atomic E-state index is 0.356. The summed E-state index contributed by atoms with van der Waals surface area (Å²) in [6.45, 7) is 1.80. The molecular formula is C14H15F5N2S. The summed E-state index contributed by atoms with van der Waals surface area (Å²) < 4.78 is 63.4. The highest BCUT2D eigenvalue weighted by atomic mass is 32.5. The molecule has 0 amide bonds. The van der Waals surface area contributed by atoms with E-state index in [-0.39, 0.29) is 0 Å². The molecule has 0 saturated carbocycles. The van der Waals surface area contributed by atoms with Gasteiger partial charge in [-0.15, -0.1) is 0 Å². The average molecular weight is 338 g/mol. The summed E-state index contributed by atoms with van der Waals surface area (Å²) in [6.07, 6.45) is 0. The van der Waals surface area contributed by atoms with Gasteiger partial charge in [0.05, 0.1) is 0 Å². The molecule has 0 spiro atoms. The first-order valence-corrected chi connectivity index (χ1v) is 8.17. The van der Waals surface area contributed by atoms with Crippen molar-refractivity contribution in [2.75, 3.05) is 17.7 Å². The van der Waals surface area contributed by atoms with Gasteiger partial charge >= 0.3 is 10.2 Å². The second-order valence-corrected chi connectivity index (χ2v) is 7.47. The molecule has 122 valence electrons. The molecule has 22 heavy (non-hydrogen) atoms. The third kappa shape index (κ3) is 3.44. The zero-order valence-electron chi connectivity index (χ0n) is 11.9. The normalized spacial score (nSPS) is 15.0. The number of aryl methyl sites for hydroxylation is 1. The second-order valence-electron chi connectivity index (χ2n) is 5.06. The van der Waals surface area contributed by atoms with Gasteiger partial charge in [-0.2, -0.15) is 0 Å². The number of nitrogens with two attached hydrogens (primary N) is 1. The molecule has 2 aromatic carbocycles. The molecule has 0 saturated heterocycles.